The number of carbonyl (C=O) groups is 1. The highest BCUT2D eigenvalue weighted by Gasteiger charge is 2.22. The van der Waals surface area contributed by atoms with E-state index in [1.54, 1.807) is 12.1 Å². The fraction of sp³-hybridized carbons (Fsp3) is 0.462. The van der Waals surface area contributed by atoms with Gasteiger partial charge in [-0.25, -0.2) is 17.9 Å². The molecule has 1 aromatic rings. The van der Waals surface area contributed by atoms with Gasteiger partial charge >= 0.3 is 5.97 Å². The molecule has 112 valence electrons. The Hall–Kier alpha value is -1.44. The molecule has 0 aliphatic heterocycles. The van der Waals surface area contributed by atoms with Crippen LogP contribution < -0.4 is 10.0 Å². The molecule has 0 radical (unpaired) electrons. The maximum atomic E-state index is 12.2. The van der Waals surface area contributed by atoms with Crippen LogP contribution in [0.3, 0.4) is 0 Å². The normalized spacial score (nSPS) is 12.9. The lowest BCUT2D eigenvalue weighted by atomic mass is 10.2. The molecule has 7 heteroatoms. The lowest BCUT2D eigenvalue weighted by Gasteiger charge is -2.14. The summed E-state index contributed by atoms with van der Waals surface area (Å²) in [4.78, 5) is 11.5. The number of nitrogens with one attached hydrogen (secondary N) is 2. The first kappa shape index (κ1) is 16.6. The van der Waals surface area contributed by atoms with Crippen LogP contribution >= 0.6 is 0 Å². The van der Waals surface area contributed by atoms with Crippen molar-refractivity contribution in [3.05, 3.63) is 29.8 Å². The number of methoxy groups -OCH3 is 1. The Morgan fingerprint density at radius 3 is 2.60 bits per heavy atom. The molecule has 6 nitrogen and oxygen atoms in total. The summed E-state index contributed by atoms with van der Waals surface area (Å²) in [6.07, 6.45) is 0. The Morgan fingerprint density at radius 2 is 2.00 bits per heavy atom. The minimum atomic E-state index is -3.75. The van der Waals surface area contributed by atoms with Crippen molar-refractivity contribution in [3.8, 4) is 0 Å². The molecule has 0 unspecified atom stereocenters. The van der Waals surface area contributed by atoms with Gasteiger partial charge in [0.1, 0.15) is 0 Å². The van der Waals surface area contributed by atoms with Gasteiger partial charge in [-0.05, 0) is 25.6 Å². The van der Waals surface area contributed by atoms with Gasteiger partial charge in [-0.3, -0.25) is 0 Å². The van der Waals surface area contributed by atoms with Crippen LogP contribution in [0.4, 0.5) is 0 Å². The van der Waals surface area contributed by atoms with Crippen LogP contribution in [0.5, 0.6) is 0 Å². The fourth-order valence-corrected chi connectivity index (χ4v) is 3.04. The molecule has 1 rings (SSSR count). The molecule has 0 spiro atoms. The molecule has 0 heterocycles. The quantitative estimate of drug-likeness (QED) is 0.726. The number of benzene rings is 1. The summed E-state index contributed by atoms with van der Waals surface area (Å²) < 4.78 is 31.5. The Labute approximate surface area is 119 Å². The molecule has 0 bridgehead atoms. The van der Waals surface area contributed by atoms with Crippen molar-refractivity contribution in [1.82, 2.24) is 10.0 Å². The molecule has 0 fully saturated rings. The third-order valence-electron chi connectivity index (χ3n) is 2.71. The second kappa shape index (κ2) is 7.37. The predicted molar refractivity (Wildman–Crippen MR) is 76.1 cm³/mol. The molecule has 1 atom stereocenters. The standard InChI is InChI=1S/C13H20N2O4S/c1-4-14-10(2)9-15-20(17,18)12-8-6-5-7-11(12)13(16)19-3/h5-8,10,14-15H,4,9H2,1-3H3/t10-/m1/s1. The molecule has 20 heavy (non-hydrogen) atoms. The van der Waals surface area contributed by atoms with Gasteiger partial charge in [-0.15, -0.1) is 0 Å². The monoisotopic (exact) mass is 300 g/mol. The minimum absolute atomic E-state index is 0.0000592. The minimum Gasteiger partial charge on any atom is -0.465 e. The predicted octanol–water partition coefficient (Wildman–Crippen LogP) is 0.749. The summed E-state index contributed by atoms with van der Waals surface area (Å²) in [7, 11) is -2.54. The van der Waals surface area contributed by atoms with Crippen molar-refractivity contribution in [2.24, 2.45) is 0 Å². The van der Waals surface area contributed by atoms with Gasteiger partial charge in [0, 0.05) is 12.6 Å². The molecule has 0 saturated heterocycles. The number of carbonyl (C=O) groups excluding carboxylic acids is 1. The summed E-state index contributed by atoms with van der Waals surface area (Å²) in [6, 6.07) is 5.96. The molecular weight excluding hydrogens is 280 g/mol. The molecule has 1 aromatic carbocycles. The Balaban J connectivity index is 2.95. The average molecular weight is 300 g/mol. The van der Waals surface area contributed by atoms with Crippen LogP contribution in [0, 0.1) is 0 Å². The van der Waals surface area contributed by atoms with E-state index in [4.69, 9.17) is 0 Å². The second-order valence-corrected chi connectivity index (χ2v) is 6.03. The number of hydrogen-bond donors (Lipinski definition) is 2. The van der Waals surface area contributed by atoms with E-state index in [1.807, 2.05) is 13.8 Å². The zero-order chi connectivity index (χ0) is 15.2. The van der Waals surface area contributed by atoms with E-state index in [9.17, 15) is 13.2 Å². The molecule has 0 aliphatic rings. The lowest BCUT2D eigenvalue weighted by molar-refractivity contribution is 0.0596. The summed E-state index contributed by atoms with van der Waals surface area (Å²) in [5, 5.41) is 3.10. The van der Waals surface area contributed by atoms with Crippen LogP contribution in [-0.4, -0.2) is 40.6 Å². The highest BCUT2D eigenvalue weighted by Crippen LogP contribution is 2.16. The Kier molecular flexibility index (Phi) is 6.12. The summed E-state index contributed by atoms with van der Waals surface area (Å²) in [6.45, 7) is 4.81. The van der Waals surface area contributed by atoms with E-state index in [-0.39, 0.29) is 23.0 Å². The van der Waals surface area contributed by atoms with Gasteiger partial charge in [0.05, 0.1) is 17.6 Å². The maximum Gasteiger partial charge on any atom is 0.339 e. The Morgan fingerprint density at radius 1 is 1.35 bits per heavy atom. The molecule has 0 amide bonds. The number of likely N-dealkylation sites (N-methyl/N-ethyl adjacent to an activating group) is 1. The number of rotatable bonds is 7. The van der Waals surface area contributed by atoms with Gasteiger partial charge in [0.15, 0.2) is 0 Å². The zero-order valence-corrected chi connectivity index (χ0v) is 12.7. The van der Waals surface area contributed by atoms with Crippen molar-refractivity contribution in [2.45, 2.75) is 24.8 Å². The van der Waals surface area contributed by atoms with E-state index in [0.29, 0.717) is 0 Å². The van der Waals surface area contributed by atoms with Crippen molar-refractivity contribution >= 4 is 16.0 Å². The highest BCUT2D eigenvalue weighted by molar-refractivity contribution is 7.89. The zero-order valence-electron chi connectivity index (χ0n) is 11.8. The van der Waals surface area contributed by atoms with Crippen LogP contribution in [0.1, 0.15) is 24.2 Å². The van der Waals surface area contributed by atoms with E-state index >= 15 is 0 Å². The number of esters is 1. The number of hydrogen-bond acceptors (Lipinski definition) is 5. The average Bonchev–Trinajstić information content (AvgIpc) is 2.45. The van der Waals surface area contributed by atoms with Gasteiger partial charge in [-0.1, -0.05) is 19.1 Å². The molecular formula is C13H20N2O4S. The lowest BCUT2D eigenvalue weighted by Crippen LogP contribution is -2.39. The third-order valence-corrected chi connectivity index (χ3v) is 4.20. The first-order chi connectivity index (χ1) is 9.42. The third kappa shape index (κ3) is 4.29. The molecule has 0 aromatic heterocycles. The largest absolute Gasteiger partial charge is 0.465 e. The van der Waals surface area contributed by atoms with Gasteiger partial charge < -0.3 is 10.1 Å². The van der Waals surface area contributed by atoms with Crippen LogP contribution in [0.15, 0.2) is 29.2 Å². The van der Waals surface area contributed by atoms with Gasteiger partial charge in [0.2, 0.25) is 10.0 Å². The fourth-order valence-electron chi connectivity index (χ4n) is 1.71. The summed E-state index contributed by atoms with van der Waals surface area (Å²) >= 11 is 0. The Bertz CT molecular complexity index is 557. The van der Waals surface area contributed by atoms with E-state index in [1.165, 1.54) is 19.2 Å². The summed E-state index contributed by atoms with van der Waals surface area (Å²) in [5.41, 5.74) is 0.0265. The van der Waals surface area contributed by atoms with Crippen LogP contribution in [0.25, 0.3) is 0 Å². The van der Waals surface area contributed by atoms with E-state index in [0.717, 1.165) is 6.54 Å². The number of sulfonamides is 1. The van der Waals surface area contributed by atoms with Gasteiger partial charge in [-0.2, -0.15) is 0 Å². The second-order valence-electron chi connectivity index (χ2n) is 4.30. The molecule has 2 N–H and O–H groups in total. The van der Waals surface area contributed by atoms with E-state index < -0.39 is 16.0 Å². The van der Waals surface area contributed by atoms with Crippen molar-refractivity contribution in [1.29, 1.82) is 0 Å². The maximum absolute atomic E-state index is 12.2. The smallest absolute Gasteiger partial charge is 0.339 e. The van der Waals surface area contributed by atoms with Crippen LogP contribution in [-0.2, 0) is 14.8 Å². The van der Waals surface area contributed by atoms with Crippen molar-refractivity contribution in [3.63, 3.8) is 0 Å². The van der Waals surface area contributed by atoms with Crippen molar-refractivity contribution < 1.29 is 17.9 Å². The molecule has 0 saturated carbocycles. The van der Waals surface area contributed by atoms with Gasteiger partial charge in [0.25, 0.3) is 0 Å². The van der Waals surface area contributed by atoms with Crippen molar-refractivity contribution in [2.75, 3.05) is 20.2 Å². The van der Waals surface area contributed by atoms with E-state index in [2.05, 4.69) is 14.8 Å². The topological polar surface area (TPSA) is 84.5 Å². The SMILES string of the molecule is CCN[C@H](C)CNS(=O)(=O)c1ccccc1C(=O)OC. The summed E-state index contributed by atoms with van der Waals surface area (Å²) in [5.74, 6) is -0.675. The first-order valence-corrected chi connectivity index (χ1v) is 7.81. The van der Waals surface area contributed by atoms with Crippen LogP contribution in [0.2, 0.25) is 0 Å². The molecule has 0 aliphatic carbocycles. The number of ether oxygens (including phenoxy) is 1. The highest BCUT2D eigenvalue weighted by atomic mass is 32.2. The first-order valence-electron chi connectivity index (χ1n) is 6.32.